The highest BCUT2D eigenvalue weighted by Gasteiger charge is 2.27. The molecule has 0 saturated heterocycles. The summed E-state index contributed by atoms with van der Waals surface area (Å²) in [5.41, 5.74) is 1.46. The fourth-order valence-corrected chi connectivity index (χ4v) is 5.07. The van der Waals surface area contributed by atoms with E-state index in [1.165, 1.54) is 22.8 Å². The summed E-state index contributed by atoms with van der Waals surface area (Å²) in [4.78, 5) is 50.0. The number of ether oxygens (including phenoxy) is 1. The lowest BCUT2D eigenvalue weighted by Gasteiger charge is -2.17. The van der Waals surface area contributed by atoms with Gasteiger partial charge in [-0.2, -0.15) is 0 Å². The monoisotopic (exact) mass is 562 g/mol. The first kappa shape index (κ1) is 26.6. The van der Waals surface area contributed by atoms with E-state index >= 15 is 0 Å². The first-order valence-corrected chi connectivity index (χ1v) is 12.8. The van der Waals surface area contributed by atoms with Crippen LogP contribution >= 0.6 is 23.2 Å². The Kier molecular flexibility index (Phi) is 6.78. The molecule has 8 nitrogen and oxygen atoms in total. The third-order valence-corrected chi connectivity index (χ3v) is 7.29. The summed E-state index contributed by atoms with van der Waals surface area (Å²) in [6, 6.07) is 15.1. The Bertz CT molecular complexity index is 1750. The van der Waals surface area contributed by atoms with Gasteiger partial charge in [0.1, 0.15) is 0 Å². The van der Waals surface area contributed by atoms with Gasteiger partial charge < -0.3 is 9.64 Å². The molecule has 0 atom stereocenters. The minimum absolute atomic E-state index is 0.206. The predicted octanol–water partition coefficient (Wildman–Crippen LogP) is 4.71. The van der Waals surface area contributed by atoms with E-state index < -0.39 is 11.6 Å². The Morgan fingerprint density at radius 1 is 0.949 bits per heavy atom. The number of halogens is 2. The van der Waals surface area contributed by atoms with Crippen molar-refractivity contribution in [2.45, 2.75) is 19.0 Å². The summed E-state index contributed by atoms with van der Waals surface area (Å²) in [6.07, 6.45) is 1.97. The zero-order chi connectivity index (χ0) is 28.1. The number of ketones is 1. The van der Waals surface area contributed by atoms with E-state index in [4.69, 9.17) is 37.9 Å². The van der Waals surface area contributed by atoms with Crippen molar-refractivity contribution in [3.63, 3.8) is 0 Å². The van der Waals surface area contributed by atoms with E-state index in [0.717, 1.165) is 5.56 Å². The first-order valence-electron chi connectivity index (χ1n) is 12.0. The number of aromatic nitrogens is 1. The van der Waals surface area contributed by atoms with Crippen LogP contribution in [0.15, 0.2) is 70.8 Å². The molecule has 4 aromatic rings. The second kappa shape index (κ2) is 9.94. The number of methoxy groups -OCH3 is 1. The largest absolute Gasteiger partial charge is 0.465 e. The molecule has 0 unspecified atom stereocenters. The maximum absolute atomic E-state index is 13.7. The van der Waals surface area contributed by atoms with Crippen LogP contribution in [0.4, 0.5) is 4.79 Å². The Labute approximate surface area is 234 Å². The summed E-state index contributed by atoms with van der Waals surface area (Å²) in [5.74, 6) is -0.924. The lowest BCUT2D eigenvalue weighted by molar-refractivity contribution is 0.0603. The lowest BCUT2D eigenvalue weighted by atomic mass is 9.96. The molecule has 1 amide bonds. The molecule has 0 N–H and O–H groups in total. The molecule has 0 bridgehead atoms. The summed E-state index contributed by atoms with van der Waals surface area (Å²) < 4.78 is 6.30. The van der Waals surface area contributed by atoms with Crippen LogP contribution in [-0.4, -0.2) is 54.1 Å². The van der Waals surface area contributed by atoms with Gasteiger partial charge in [0.15, 0.2) is 11.4 Å². The summed E-state index contributed by atoms with van der Waals surface area (Å²) in [5, 5.41) is 2.57. The van der Waals surface area contributed by atoms with Gasteiger partial charge in [0, 0.05) is 43.2 Å². The lowest BCUT2D eigenvalue weighted by Crippen LogP contribution is -2.26. The van der Waals surface area contributed by atoms with Crippen molar-refractivity contribution in [1.82, 2.24) is 9.47 Å². The topological polar surface area (TPSA) is 93.3 Å². The quantitative estimate of drug-likeness (QED) is 0.260. The van der Waals surface area contributed by atoms with Crippen molar-refractivity contribution in [3.8, 4) is 0 Å². The van der Waals surface area contributed by atoms with E-state index in [1.807, 2.05) is 19.1 Å². The van der Waals surface area contributed by atoms with Crippen molar-refractivity contribution < 1.29 is 19.1 Å². The van der Waals surface area contributed by atoms with E-state index in [9.17, 15) is 14.4 Å². The molecule has 5 rings (SSSR count). The molecule has 0 aliphatic carbocycles. The highest BCUT2D eigenvalue weighted by Crippen LogP contribution is 2.29. The SMILES string of the molecule is COC(=O)c1cccc2c1c(C(=O)c1ccc(CC3(C)N=c4cc(Cl)c(Cl)cc4=N3)cc1)cn2C(=O)N(C)C. The van der Waals surface area contributed by atoms with Crippen LogP contribution in [0.2, 0.25) is 10.0 Å². The number of hydrogen-bond donors (Lipinski definition) is 0. The average molecular weight is 563 g/mol. The number of fused-ring (bicyclic) bond motifs is 2. The normalized spacial score (nSPS) is 13.4. The number of hydrogen-bond acceptors (Lipinski definition) is 6. The van der Waals surface area contributed by atoms with Gasteiger partial charge in [-0.25, -0.2) is 9.59 Å². The molecule has 198 valence electrons. The van der Waals surface area contributed by atoms with Gasteiger partial charge in [0.25, 0.3) is 0 Å². The molecule has 0 radical (unpaired) electrons. The zero-order valence-corrected chi connectivity index (χ0v) is 23.2. The number of carbonyl (C=O) groups excluding carboxylic acids is 3. The van der Waals surface area contributed by atoms with E-state index in [0.29, 0.717) is 43.6 Å². The third kappa shape index (κ3) is 4.82. The van der Waals surface area contributed by atoms with Gasteiger partial charge in [-0.15, -0.1) is 0 Å². The Hall–Kier alpha value is -4.01. The molecule has 10 heteroatoms. The minimum atomic E-state index is -0.739. The molecule has 0 saturated carbocycles. The number of carbonyl (C=O) groups is 3. The van der Waals surface area contributed by atoms with Crippen LogP contribution in [0.3, 0.4) is 0 Å². The van der Waals surface area contributed by atoms with E-state index in [1.54, 1.807) is 56.6 Å². The van der Waals surface area contributed by atoms with Crippen LogP contribution in [-0.2, 0) is 11.2 Å². The molecule has 0 spiro atoms. The zero-order valence-electron chi connectivity index (χ0n) is 21.7. The second-order valence-electron chi connectivity index (χ2n) is 9.68. The second-order valence-corrected chi connectivity index (χ2v) is 10.5. The fourth-order valence-electron chi connectivity index (χ4n) is 4.76. The molecular weight excluding hydrogens is 539 g/mol. The van der Waals surface area contributed by atoms with Crippen molar-refractivity contribution in [2.24, 2.45) is 9.98 Å². The maximum Gasteiger partial charge on any atom is 0.338 e. The van der Waals surface area contributed by atoms with Gasteiger partial charge in [-0.3, -0.25) is 19.3 Å². The Balaban J connectivity index is 1.50. The van der Waals surface area contributed by atoms with Crippen LogP contribution in [0.5, 0.6) is 0 Å². The highest BCUT2D eigenvalue weighted by atomic mass is 35.5. The first-order chi connectivity index (χ1) is 18.5. The molecule has 39 heavy (non-hydrogen) atoms. The molecule has 3 aromatic carbocycles. The predicted molar refractivity (Wildman–Crippen MR) is 149 cm³/mol. The van der Waals surface area contributed by atoms with Crippen LogP contribution < -0.4 is 10.7 Å². The van der Waals surface area contributed by atoms with Gasteiger partial charge in [0.2, 0.25) is 0 Å². The molecular formula is C29H24Cl2N4O4. The number of rotatable bonds is 5. The smallest absolute Gasteiger partial charge is 0.338 e. The van der Waals surface area contributed by atoms with Gasteiger partial charge in [-0.1, -0.05) is 53.5 Å². The number of amides is 1. The van der Waals surface area contributed by atoms with Gasteiger partial charge in [-0.05, 0) is 36.8 Å². The Morgan fingerprint density at radius 2 is 1.56 bits per heavy atom. The molecule has 1 aliphatic rings. The maximum atomic E-state index is 13.7. The molecule has 1 aliphatic heterocycles. The molecule has 2 heterocycles. The highest BCUT2D eigenvalue weighted by molar-refractivity contribution is 6.41. The van der Waals surface area contributed by atoms with Crippen molar-refractivity contribution in [3.05, 3.63) is 104 Å². The van der Waals surface area contributed by atoms with Crippen molar-refractivity contribution in [1.29, 1.82) is 0 Å². The molecule has 0 fully saturated rings. The van der Waals surface area contributed by atoms with Crippen LogP contribution in [0.25, 0.3) is 10.9 Å². The number of nitrogens with zero attached hydrogens (tertiary/aromatic N) is 4. The van der Waals surface area contributed by atoms with Crippen LogP contribution in [0.1, 0.15) is 38.8 Å². The number of benzene rings is 3. The summed E-state index contributed by atoms with van der Waals surface area (Å²) in [6.45, 7) is 1.92. The Morgan fingerprint density at radius 3 is 2.13 bits per heavy atom. The standard InChI is InChI=1S/C29H24Cl2N4O4/c1-29(32-22-12-20(30)21(31)13-23(22)33-29)14-16-8-10-17(11-9-16)26(36)19-15-35(28(38)34(2)3)24-7-5-6-18(25(19)24)27(37)39-4/h5-13,15H,14H2,1-4H3. The van der Waals surface area contributed by atoms with Crippen LogP contribution in [0, 0.1) is 0 Å². The van der Waals surface area contributed by atoms with E-state index in [2.05, 4.69) is 0 Å². The van der Waals surface area contributed by atoms with E-state index in [-0.39, 0.29) is 22.9 Å². The summed E-state index contributed by atoms with van der Waals surface area (Å²) in [7, 11) is 4.50. The van der Waals surface area contributed by atoms with Gasteiger partial charge in [0.05, 0.1) is 38.9 Å². The summed E-state index contributed by atoms with van der Waals surface area (Å²) >= 11 is 12.3. The van der Waals surface area contributed by atoms with Gasteiger partial charge >= 0.3 is 12.0 Å². The third-order valence-electron chi connectivity index (χ3n) is 6.56. The van der Waals surface area contributed by atoms with Crippen molar-refractivity contribution >= 4 is 51.9 Å². The fraction of sp³-hybridized carbons (Fsp3) is 0.207. The average Bonchev–Trinajstić information content (AvgIpc) is 3.45. The van der Waals surface area contributed by atoms with Crippen molar-refractivity contribution in [2.75, 3.05) is 21.2 Å². The molecule has 1 aromatic heterocycles. The number of esters is 1. The minimum Gasteiger partial charge on any atom is -0.465 e.